The third-order valence-electron chi connectivity index (χ3n) is 5.74. The maximum atomic E-state index is 6.18. The molecule has 0 spiro atoms. The van der Waals surface area contributed by atoms with Crippen LogP contribution in [0.5, 0.6) is 5.75 Å². The minimum Gasteiger partial charge on any atom is -0.494 e. The van der Waals surface area contributed by atoms with Gasteiger partial charge in [-0.15, -0.1) is 0 Å². The highest BCUT2D eigenvalue weighted by atomic mass is 16.9. The first kappa shape index (κ1) is 23.0. The quantitative estimate of drug-likeness (QED) is 0.538. The summed E-state index contributed by atoms with van der Waals surface area (Å²) < 4.78 is 42.2. The maximum Gasteiger partial charge on any atom is 0.190 e. The van der Waals surface area contributed by atoms with Gasteiger partial charge in [0.05, 0.1) is 19.8 Å². The van der Waals surface area contributed by atoms with E-state index in [2.05, 4.69) is 6.92 Å². The lowest BCUT2D eigenvalue weighted by atomic mass is 9.99. The number of rotatable bonds is 9. The van der Waals surface area contributed by atoms with Crippen LogP contribution in [0.4, 0.5) is 0 Å². The highest BCUT2D eigenvalue weighted by Crippen LogP contribution is 2.44. The largest absolute Gasteiger partial charge is 0.494 e. The van der Waals surface area contributed by atoms with Gasteiger partial charge in [0.25, 0.3) is 0 Å². The molecule has 31 heavy (non-hydrogen) atoms. The van der Waals surface area contributed by atoms with E-state index in [1.54, 1.807) is 0 Å². The number of hydrogen-bond acceptors (Lipinski definition) is 7. The molecule has 1 aromatic carbocycles. The second-order valence-corrected chi connectivity index (χ2v) is 9.42. The van der Waals surface area contributed by atoms with Crippen LogP contribution in [0.3, 0.4) is 0 Å². The SMILES string of the molecule is CCCCCOc1ccc(COCC2OC3OC(C)(C)OC3C3OC(C)(C)OC23)cc1. The summed E-state index contributed by atoms with van der Waals surface area (Å²) in [6, 6.07) is 8.05. The van der Waals surface area contributed by atoms with Gasteiger partial charge in [0.1, 0.15) is 30.2 Å². The highest BCUT2D eigenvalue weighted by molar-refractivity contribution is 5.26. The van der Waals surface area contributed by atoms with Gasteiger partial charge in [-0.25, -0.2) is 0 Å². The molecule has 0 aliphatic carbocycles. The predicted molar refractivity (Wildman–Crippen MR) is 114 cm³/mol. The summed E-state index contributed by atoms with van der Waals surface area (Å²) in [5.74, 6) is -0.523. The molecule has 4 rings (SSSR count). The van der Waals surface area contributed by atoms with Crippen molar-refractivity contribution in [2.75, 3.05) is 13.2 Å². The molecule has 0 bridgehead atoms. The van der Waals surface area contributed by atoms with Crippen LogP contribution in [0.1, 0.15) is 59.4 Å². The lowest BCUT2D eigenvalue weighted by molar-refractivity contribution is -0.243. The molecule has 0 saturated carbocycles. The maximum absolute atomic E-state index is 6.18. The molecule has 0 N–H and O–H groups in total. The van der Waals surface area contributed by atoms with Crippen LogP contribution in [0.15, 0.2) is 24.3 Å². The third-order valence-corrected chi connectivity index (χ3v) is 5.74. The lowest BCUT2D eigenvalue weighted by Gasteiger charge is -2.37. The van der Waals surface area contributed by atoms with Crippen LogP contribution < -0.4 is 4.74 Å². The zero-order valence-electron chi connectivity index (χ0n) is 19.3. The molecule has 0 amide bonds. The summed E-state index contributed by atoms with van der Waals surface area (Å²) in [6.45, 7) is 11.4. The molecule has 174 valence electrons. The van der Waals surface area contributed by atoms with Crippen LogP contribution >= 0.6 is 0 Å². The minimum absolute atomic E-state index is 0.256. The second-order valence-electron chi connectivity index (χ2n) is 9.42. The fourth-order valence-corrected chi connectivity index (χ4v) is 4.34. The van der Waals surface area contributed by atoms with Crippen molar-refractivity contribution in [1.82, 2.24) is 0 Å². The molecule has 3 aliphatic heterocycles. The first-order chi connectivity index (χ1) is 14.8. The van der Waals surface area contributed by atoms with Gasteiger partial charge in [0.15, 0.2) is 17.9 Å². The van der Waals surface area contributed by atoms with E-state index < -0.39 is 17.9 Å². The zero-order valence-corrected chi connectivity index (χ0v) is 19.3. The van der Waals surface area contributed by atoms with Gasteiger partial charge in [0, 0.05) is 0 Å². The van der Waals surface area contributed by atoms with Crippen molar-refractivity contribution in [2.45, 2.75) is 103 Å². The monoisotopic (exact) mass is 436 g/mol. The molecule has 3 heterocycles. The van der Waals surface area contributed by atoms with Crippen molar-refractivity contribution in [3.05, 3.63) is 29.8 Å². The Bertz CT molecular complexity index is 717. The standard InChI is InChI=1S/C24H36O7/c1-6-7-8-13-26-17-11-9-16(10-12-17)14-25-15-18-19-20(29-23(2,3)28-19)21-22(27-18)31-24(4,5)30-21/h9-12,18-22H,6-8,13-15H2,1-5H3. The van der Waals surface area contributed by atoms with Gasteiger partial charge in [-0.3, -0.25) is 0 Å². The van der Waals surface area contributed by atoms with Crippen molar-refractivity contribution in [3.63, 3.8) is 0 Å². The summed E-state index contributed by atoms with van der Waals surface area (Å²) in [4.78, 5) is 0. The zero-order chi connectivity index (χ0) is 22.1. The van der Waals surface area contributed by atoms with E-state index in [1.807, 2.05) is 52.0 Å². The van der Waals surface area contributed by atoms with E-state index in [-0.39, 0.29) is 24.4 Å². The number of fused-ring (bicyclic) bond motifs is 3. The van der Waals surface area contributed by atoms with Gasteiger partial charge in [-0.1, -0.05) is 31.9 Å². The molecule has 3 aliphatic rings. The van der Waals surface area contributed by atoms with E-state index in [0.717, 1.165) is 24.3 Å². The topological polar surface area (TPSA) is 64.6 Å². The fraction of sp³-hybridized carbons (Fsp3) is 0.750. The first-order valence-corrected chi connectivity index (χ1v) is 11.4. The first-order valence-electron chi connectivity index (χ1n) is 11.4. The van der Waals surface area contributed by atoms with Crippen molar-refractivity contribution in [2.24, 2.45) is 0 Å². The van der Waals surface area contributed by atoms with Crippen LogP contribution in [0.25, 0.3) is 0 Å². The Morgan fingerprint density at radius 1 is 0.839 bits per heavy atom. The van der Waals surface area contributed by atoms with E-state index in [9.17, 15) is 0 Å². The fourth-order valence-electron chi connectivity index (χ4n) is 4.34. The molecule has 0 radical (unpaired) electrons. The Morgan fingerprint density at radius 2 is 1.52 bits per heavy atom. The third kappa shape index (κ3) is 5.59. The molecule has 5 unspecified atom stereocenters. The summed E-state index contributed by atoms with van der Waals surface area (Å²) in [5.41, 5.74) is 1.08. The van der Waals surface area contributed by atoms with Gasteiger partial charge in [0.2, 0.25) is 0 Å². The molecule has 0 aromatic heterocycles. The minimum atomic E-state index is -0.716. The predicted octanol–water partition coefficient (Wildman–Crippen LogP) is 4.17. The number of benzene rings is 1. The van der Waals surface area contributed by atoms with Crippen molar-refractivity contribution < 1.29 is 33.2 Å². The molecule has 7 nitrogen and oxygen atoms in total. The Kier molecular flexibility index (Phi) is 6.91. The van der Waals surface area contributed by atoms with E-state index >= 15 is 0 Å². The molecule has 3 saturated heterocycles. The normalized spacial score (nSPS) is 33.1. The highest BCUT2D eigenvalue weighted by Gasteiger charge is 2.60. The van der Waals surface area contributed by atoms with E-state index in [1.165, 1.54) is 12.8 Å². The van der Waals surface area contributed by atoms with Crippen LogP contribution in [0, 0.1) is 0 Å². The van der Waals surface area contributed by atoms with Crippen LogP contribution in [-0.2, 0) is 35.0 Å². The summed E-state index contributed by atoms with van der Waals surface area (Å²) in [5, 5.41) is 0. The Labute approximate surface area is 185 Å². The molecule has 5 atom stereocenters. The number of ether oxygens (including phenoxy) is 7. The molecular formula is C24H36O7. The van der Waals surface area contributed by atoms with Crippen LogP contribution in [0.2, 0.25) is 0 Å². The summed E-state index contributed by atoms with van der Waals surface area (Å²) in [7, 11) is 0. The Balaban J connectivity index is 1.30. The van der Waals surface area contributed by atoms with Gasteiger partial charge < -0.3 is 33.2 Å². The Morgan fingerprint density at radius 3 is 2.26 bits per heavy atom. The van der Waals surface area contributed by atoms with Crippen LogP contribution in [-0.4, -0.2) is 55.5 Å². The summed E-state index contributed by atoms with van der Waals surface area (Å²) in [6.07, 6.45) is 1.83. The second kappa shape index (κ2) is 9.33. The molecule has 7 heteroatoms. The van der Waals surface area contributed by atoms with Gasteiger partial charge in [-0.2, -0.15) is 0 Å². The lowest BCUT2D eigenvalue weighted by Crippen LogP contribution is -2.56. The average molecular weight is 437 g/mol. The van der Waals surface area contributed by atoms with E-state index in [4.69, 9.17) is 33.2 Å². The smallest absolute Gasteiger partial charge is 0.190 e. The van der Waals surface area contributed by atoms with Crippen molar-refractivity contribution >= 4 is 0 Å². The number of unbranched alkanes of at least 4 members (excludes halogenated alkanes) is 2. The molecule has 1 aromatic rings. The Hall–Kier alpha value is -1.22. The molecular weight excluding hydrogens is 400 g/mol. The van der Waals surface area contributed by atoms with E-state index in [0.29, 0.717) is 13.2 Å². The van der Waals surface area contributed by atoms with Crippen molar-refractivity contribution in [3.8, 4) is 5.75 Å². The summed E-state index contributed by atoms with van der Waals surface area (Å²) >= 11 is 0. The van der Waals surface area contributed by atoms with Gasteiger partial charge in [-0.05, 0) is 51.8 Å². The van der Waals surface area contributed by atoms with Gasteiger partial charge >= 0.3 is 0 Å². The number of hydrogen-bond donors (Lipinski definition) is 0. The average Bonchev–Trinajstić information content (AvgIpc) is 3.20. The molecule has 3 fully saturated rings. The van der Waals surface area contributed by atoms with Crippen molar-refractivity contribution in [1.29, 1.82) is 0 Å².